The van der Waals surface area contributed by atoms with Crippen molar-refractivity contribution < 1.29 is 17.9 Å². The molecule has 1 amide bonds. The van der Waals surface area contributed by atoms with Gasteiger partial charge in [0.05, 0.1) is 22.8 Å². The highest BCUT2D eigenvalue weighted by molar-refractivity contribution is 7.91. The number of nitrogens with one attached hydrogen (secondary N) is 1. The summed E-state index contributed by atoms with van der Waals surface area (Å²) in [6.45, 7) is 10.1. The van der Waals surface area contributed by atoms with Gasteiger partial charge in [-0.1, -0.05) is 5.92 Å². The molecule has 1 aromatic heterocycles. The maximum Gasteiger partial charge on any atom is 0.298 e. The molecule has 11 nitrogen and oxygen atoms in total. The molecule has 3 saturated heterocycles. The fraction of sp³-hybridized carbons (Fsp3) is 0.552. The molecule has 4 aliphatic rings. The summed E-state index contributed by atoms with van der Waals surface area (Å²) in [5.41, 5.74) is 3.92. The van der Waals surface area contributed by atoms with Crippen molar-refractivity contribution in [3.05, 3.63) is 29.6 Å². The van der Waals surface area contributed by atoms with Crippen LogP contribution in [0.5, 0.6) is 5.75 Å². The molecule has 1 aromatic carbocycles. The first-order valence-corrected chi connectivity index (χ1v) is 16.2. The molecule has 5 heterocycles. The summed E-state index contributed by atoms with van der Waals surface area (Å²) in [7, 11) is -2.99. The van der Waals surface area contributed by atoms with Crippen LogP contribution in [0.2, 0.25) is 0 Å². The quantitative estimate of drug-likeness (QED) is 0.541. The predicted octanol–water partition coefficient (Wildman–Crippen LogP) is 1.79. The topological polar surface area (TPSA) is 111 Å². The molecule has 6 rings (SSSR count). The lowest BCUT2D eigenvalue weighted by molar-refractivity contribution is -0.127. The second-order valence-electron chi connectivity index (χ2n) is 11.1. The minimum Gasteiger partial charge on any atom is -0.486 e. The average Bonchev–Trinajstić information content (AvgIpc) is 3.17. The number of rotatable bonds is 3. The molecule has 4 aliphatic heterocycles. The Balaban J connectivity index is 1.12. The van der Waals surface area contributed by atoms with E-state index in [1.807, 2.05) is 9.80 Å². The number of aromatic nitrogens is 2. The van der Waals surface area contributed by atoms with Gasteiger partial charge in [-0.2, -0.15) is 0 Å². The van der Waals surface area contributed by atoms with Crippen LogP contribution in [0.3, 0.4) is 0 Å². The zero-order chi connectivity index (χ0) is 28.6. The Kier molecular flexibility index (Phi) is 7.66. The fourth-order valence-corrected chi connectivity index (χ4v) is 7.50. The number of benzene rings is 1. The standard InChI is InChI=1S/C29H37N7O4S/c1-3-4-26(37)35-11-9-34(10-12-35)22-5-7-33(8-6-22)23-17-21(2)27-25(18-23)32-28-24(19-40-27)29(31-20-30-28)36-13-15-41(38,39)16-14-36/h17-18,20,22H,5-16,19H2,1-2H3,(H,30,31,32). The Morgan fingerprint density at radius 1 is 1.00 bits per heavy atom. The van der Waals surface area contributed by atoms with E-state index in [1.54, 1.807) is 6.92 Å². The number of sulfone groups is 1. The summed E-state index contributed by atoms with van der Waals surface area (Å²) < 4.78 is 30.2. The van der Waals surface area contributed by atoms with Gasteiger partial charge in [-0.3, -0.25) is 9.69 Å². The van der Waals surface area contributed by atoms with Crippen LogP contribution in [-0.4, -0.2) is 104 Å². The third-order valence-electron chi connectivity index (χ3n) is 8.62. The van der Waals surface area contributed by atoms with Crippen molar-refractivity contribution in [3.8, 4) is 17.6 Å². The smallest absolute Gasteiger partial charge is 0.298 e. The van der Waals surface area contributed by atoms with Crippen LogP contribution in [0.25, 0.3) is 0 Å². The number of ether oxygens (including phenoxy) is 1. The van der Waals surface area contributed by atoms with Gasteiger partial charge in [-0.25, -0.2) is 18.4 Å². The number of carbonyl (C=O) groups excluding carboxylic acids is 1. The molecule has 41 heavy (non-hydrogen) atoms. The van der Waals surface area contributed by atoms with E-state index in [9.17, 15) is 13.2 Å². The molecule has 0 saturated carbocycles. The first-order valence-electron chi connectivity index (χ1n) is 14.4. The number of hydrogen-bond acceptors (Lipinski definition) is 10. The third-order valence-corrected chi connectivity index (χ3v) is 10.2. The summed E-state index contributed by atoms with van der Waals surface area (Å²) in [5.74, 6) is 7.79. The van der Waals surface area contributed by atoms with Gasteiger partial charge in [0.2, 0.25) is 0 Å². The van der Waals surface area contributed by atoms with Crippen molar-refractivity contribution in [1.82, 2.24) is 19.8 Å². The molecule has 0 radical (unpaired) electrons. The van der Waals surface area contributed by atoms with E-state index < -0.39 is 9.84 Å². The predicted molar refractivity (Wildman–Crippen MR) is 159 cm³/mol. The maximum atomic E-state index is 12.1. The molecule has 2 aromatic rings. The van der Waals surface area contributed by atoms with Gasteiger partial charge in [0, 0.05) is 64.1 Å². The lowest BCUT2D eigenvalue weighted by atomic mass is 10.0. The summed E-state index contributed by atoms with van der Waals surface area (Å²) in [5, 5.41) is 3.50. The van der Waals surface area contributed by atoms with Gasteiger partial charge in [0.15, 0.2) is 9.84 Å². The van der Waals surface area contributed by atoms with Crippen LogP contribution in [0, 0.1) is 18.8 Å². The number of anilines is 4. The Hall–Kier alpha value is -3.56. The Morgan fingerprint density at radius 3 is 2.44 bits per heavy atom. The lowest BCUT2D eigenvalue weighted by Gasteiger charge is -2.43. The lowest BCUT2D eigenvalue weighted by Crippen LogP contribution is -2.54. The number of fused-ring (bicyclic) bond motifs is 2. The normalized spacial score (nSPS) is 21.0. The molecule has 0 unspecified atom stereocenters. The molecule has 0 atom stereocenters. The van der Waals surface area contributed by atoms with E-state index in [0.717, 1.165) is 86.2 Å². The Morgan fingerprint density at radius 2 is 1.73 bits per heavy atom. The molecule has 0 bridgehead atoms. The van der Waals surface area contributed by atoms with E-state index in [-0.39, 0.29) is 17.4 Å². The van der Waals surface area contributed by atoms with Crippen molar-refractivity contribution in [1.29, 1.82) is 0 Å². The molecular weight excluding hydrogens is 542 g/mol. The SMILES string of the molecule is CC#CC(=O)N1CCN(C2CCN(c3cc(C)c4c(c3)Nc3ncnc(N5CCS(=O)(=O)CC5)c3CO4)CC2)CC1. The number of piperazine rings is 1. The third kappa shape index (κ3) is 5.78. The fourth-order valence-electron chi connectivity index (χ4n) is 6.30. The number of nitrogens with zero attached hydrogens (tertiary/aromatic N) is 6. The Bertz CT molecular complexity index is 1470. The van der Waals surface area contributed by atoms with Crippen molar-refractivity contribution >= 4 is 38.8 Å². The van der Waals surface area contributed by atoms with Crippen LogP contribution < -0.4 is 19.9 Å². The van der Waals surface area contributed by atoms with Gasteiger partial charge in [-0.15, -0.1) is 0 Å². The molecule has 3 fully saturated rings. The number of aryl methyl sites for hydroxylation is 1. The molecule has 0 spiro atoms. The maximum absolute atomic E-state index is 12.1. The largest absolute Gasteiger partial charge is 0.486 e. The van der Waals surface area contributed by atoms with Gasteiger partial charge in [0.25, 0.3) is 5.91 Å². The molecule has 218 valence electrons. The minimum atomic E-state index is -2.99. The molecular formula is C29H37N7O4S. The van der Waals surface area contributed by atoms with Crippen LogP contribution in [-0.2, 0) is 21.2 Å². The van der Waals surface area contributed by atoms with Crippen molar-refractivity contribution in [2.75, 3.05) is 79.0 Å². The van der Waals surface area contributed by atoms with Crippen LogP contribution >= 0.6 is 0 Å². The summed E-state index contributed by atoms with van der Waals surface area (Å²) in [6, 6.07) is 4.86. The molecule has 12 heteroatoms. The van der Waals surface area contributed by atoms with Crippen LogP contribution in [0.15, 0.2) is 18.5 Å². The van der Waals surface area contributed by atoms with Crippen LogP contribution in [0.1, 0.15) is 30.9 Å². The van der Waals surface area contributed by atoms with Crippen molar-refractivity contribution in [2.45, 2.75) is 39.3 Å². The van der Waals surface area contributed by atoms with E-state index in [1.165, 1.54) is 6.33 Å². The minimum absolute atomic E-state index is 0.0644. The van der Waals surface area contributed by atoms with E-state index in [4.69, 9.17) is 4.74 Å². The van der Waals surface area contributed by atoms with Gasteiger partial charge < -0.3 is 24.8 Å². The number of piperidine rings is 1. The number of amides is 1. The summed E-state index contributed by atoms with van der Waals surface area (Å²) in [6.07, 6.45) is 3.69. The van der Waals surface area contributed by atoms with E-state index >= 15 is 0 Å². The highest BCUT2D eigenvalue weighted by Crippen LogP contribution is 2.41. The second-order valence-corrected chi connectivity index (χ2v) is 13.4. The molecule has 1 N–H and O–H groups in total. The number of carbonyl (C=O) groups is 1. The zero-order valence-corrected chi connectivity index (χ0v) is 24.5. The monoisotopic (exact) mass is 579 g/mol. The van der Waals surface area contributed by atoms with Crippen LogP contribution in [0.4, 0.5) is 23.0 Å². The zero-order valence-electron chi connectivity index (χ0n) is 23.7. The average molecular weight is 580 g/mol. The van der Waals surface area contributed by atoms with Gasteiger partial charge >= 0.3 is 0 Å². The first-order chi connectivity index (χ1) is 19.8. The van der Waals surface area contributed by atoms with Crippen molar-refractivity contribution in [2.24, 2.45) is 0 Å². The van der Waals surface area contributed by atoms with Gasteiger partial charge in [0.1, 0.15) is 30.3 Å². The summed E-state index contributed by atoms with van der Waals surface area (Å²) in [4.78, 5) is 30.0. The molecule has 0 aliphatic carbocycles. The highest BCUT2D eigenvalue weighted by Gasteiger charge is 2.31. The number of hydrogen-bond donors (Lipinski definition) is 1. The highest BCUT2D eigenvalue weighted by atomic mass is 32.2. The first kappa shape index (κ1) is 27.6. The van der Waals surface area contributed by atoms with E-state index in [0.29, 0.717) is 31.6 Å². The van der Waals surface area contributed by atoms with Crippen molar-refractivity contribution in [3.63, 3.8) is 0 Å². The summed E-state index contributed by atoms with van der Waals surface area (Å²) >= 11 is 0. The second kappa shape index (κ2) is 11.4. The Labute approximate surface area is 241 Å². The van der Waals surface area contributed by atoms with Gasteiger partial charge in [-0.05, 0) is 50.3 Å². The van der Waals surface area contributed by atoms with E-state index in [2.05, 4.69) is 56.0 Å².